The van der Waals surface area contributed by atoms with Crippen LogP contribution in [-0.2, 0) is 9.53 Å². The monoisotopic (exact) mass is 192 g/mol. The normalized spacial score (nSPS) is 10.2. The number of carbonyl (C=O) groups is 1. The van der Waals surface area contributed by atoms with Crippen molar-refractivity contribution in [1.29, 1.82) is 0 Å². The van der Waals surface area contributed by atoms with E-state index in [-0.39, 0.29) is 11.7 Å². The molecular formula is C8H16O3S. The van der Waals surface area contributed by atoms with Crippen molar-refractivity contribution < 1.29 is 14.6 Å². The lowest BCUT2D eigenvalue weighted by Crippen LogP contribution is -2.04. The number of carbonyl (C=O) groups excluding carboxylic acids is 1. The number of thioether (sulfide) groups is 1. The number of hydrogen-bond donors (Lipinski definition) is 1. The molecule has 0 saturated heterocycles. The molecule has 0 aliphatic carbocycles. The Morgan fingerprint density at radius 3 is 2.83 bits per heavy atom. The van der Waals surface area contributed by atoms with E-state index in [1.165, 1.54) is 0 Å². The van der Waals surface area contributed by atoms with Crippen molar-refractivity contribution in [2.24, 2.45) is 0 Å². The molecule has 0 aromatic rings. The fourth-order valence-electron chi connectivity index (χ4n) is 0.609. The fourth-order valence-corrected chi connectivity index (χ4v) is 1.13. The second-order valence-corrected chi connectivity index (χ2v) is 3.50. The van der Waals surface area contributed by atoms with Crippen molar-refractivity contribution in [3.63, 3.8) is 0 Å². The minimum absolute atomic E-state index is 0.186. The molecule has 0 unspecified atom stereocenters. The van der Waals surface area contributed by atoms with Crippen LogP contribution in [0.2, 0.25) is 0 Å². The molecule has 0 amide bonds. The molecule has 72 valence electrons. The molecule has 4 heteroatoms. The first-order chi connectivity index (χ1) is 5.81. The second-order valence-electron chi connectivity index (χ2n) is 2.34. The predicted octanol–water partition coefficient (Wildman–Crippen LogP) is 1.06. The van der Waals surface area contributed by atoms with Gasteiger partial charge < -0.3 is 9.84 Å². The largest absolute Gasteiger partial charge is 0.388 e. The summed E-state index contributed by atoms with van der Waals surface area (Å²) < 4.78 is 5.21. The van der Waals surface area contributed by atoms with Gasteiger partial charge in [-0.25, -0.2) is 0 Å². The van der Waals surface area contributed by atoms with Crippen LogP contribution in [0.25, 0.3) is 0 Å². The van der Waals surface area contributed by atoms with Crippen molar-refractivity contribution in [3.8, 4) is 0 Å². The summed E-state index contributed by atoms with van der Waals surface area (Å²) in [4.78, 5) is 10.6. The van der Waals surface area contributed by atoms with E-state index in [0.29, 0.717) is 12.4 Å². The van der Waals surface area contributed by atoms with Crippen molar-refractivity contribution >= 4 is 16.9 Å². The van der Waals surface area contributed by atoms with Gasteiger partial charge in [-0.2, -0.15) is 0 Å². The predicted molar refractivity (Wildman–Crippen MR) is 50.3 cm³/mol. The molecule has 0 spiro atoms. The van der Waals surface area contributed by atoms with E-state index in [2.05, 4.69) is 6.92 Å². The van der Waals surface area contributed by atoms with Crippen LogP contribution >= 0.6 is 11.8 Å². The molecule has 0 rings (SSSR count). The zero-order valence-electron chi connectivity index (χ0n) is 7.41. The summed E-state index contributed by atoms with van der Waals surface area (Å²) >= 11 is 1.12. The van der Waals surface area contributed by atoms with Crippen LogP contribution in [0.5, 0.6) is 0 Å². The number of aliphatic hydroxyl groups excluding tert-OH is 1. The van der Waals surface area contributed by atoms with Crippen molar-refractivity contribution in [1.82, 2.24) is 0 Å². The van der Waals surface area contributed by atoms with Crippen LogP contribution in [0.1, 0.15) is 19.8 Å². The SMILES string of the molecule is CCCCOCCSC(=O)CO. The molecule has 0 bridgehead atoms. The Balaban J connectivity index is 2.95. The van der Waals surface area contributed by atoms with E-state index < -0.39 is 0 Å². The Hall–Kier alpha value is -0.0600. The van der Waals surface area contributed by atoms with Gasteiger partial charge in [-0.1, -0.05) is 25.1 Å². The van der Waals surface area contributed by atoms with Gasteiger partial charge in [0.15, 0.2) is 0 Å². The Morgan fingerprint density at radius 2 is 2.25 bits per heavy atom. The Morgan fingerprint density at radius 1 is 1.50 bits per heavy atom. The maximum Gasteiger partial charge on any atom is 0.214 e. The molecule has 0 fully saturated rings. The molecule has 0 aliphatic heterocycles. The van der Waals surface area contributed by atoms with Gasteiger partial charge in [0.2, 0.25) is 5.12 Å². The summed E-state index contributed by atoms with van der Waals surface area (Å²) in [7, 11) is 0. The standard InChI is InChI=1S/C8H16O3S/c1-2-3-4-11-5-6-12-8(10)7-9/h9H,2-7H2,1H3. The molecule has 12 heavy (non-hydrogen) atoms. The smallest absolute Gasteiger partial charge is 0.214 e. The van der Waals surface area contributed by atoms with Crippen molar-refractivity contribution in [3.05, 3.63) is 0 Å². The topological polar surface area (TPSA) is 46.5 Å². The minimum Gasteiger partial charge on any atom is -0.388 e. The van der Waals surface area contributed by atoms with E-state index in [9.17, 15) is 4.79 Å². The fraction of sp³-hybridized carbons (Fsp3) is 0.875. The van der Waals surface area contributed by atoms with Crippen LogP contribution in [-0.4, -0.2) is 35.8 Å². The molecule has 0 aliphatic rings. The highest BCUT2D eigenvalue weighted by molar-refractivity contribution is 8.13. The quantitative estimate of drug-likeness (QED) is 0.613. The van der Waals surface area contributed by atoms with Gasteiger partial charge in [-0.05, 0) is 6.42 Å². The summed E-state index contributed by atoms with van der Waals surface area (Å²) in [6.45, 7) is 3.09. The van der Waals surface area contributed by atoms with Gasteiger partial charge in [0, 0.05) is 12.4 Å². The van der Waals surface area contributed by atoms with Crippen molar-refractivity contribution in [2.75, 3.05) is 25.6 Å². The minimum atomic E-state index is -0.375. The third kappa shape index (κ3) is 8.04. The summed E-state index contributed by atoms with van der Waals surface area (Å²) in [5.74, 6) is 0.642. The molecule has 0 aromatic heterocycles. The maximum absolute atomic E-state index is 10.6. The molecule has 0 radical (unpaired) electrons. The molecule has 1 N–H and O–H groups in total. The molecule has 0 atom stereocenters. The Kier molecular flexibility index (Phi) is 8.99. The Labute approximate surface area is 77.5 Å². The van der Waals surface area contributed by atoms with Crippen molar-refractivity contribution in [2.45, 2.75) is 19.8 Å². The number of aliphatic hydroxyl groups is 1. The number of rotatable bonds is 7. The average molecular weight is 192 g/mol. The lowest BCUT2D eigenvalue weighted by atomic mass is 10.4. The highest BCUT2D eigenvalue weighted by Crippen LogP contribution is 2.00. The average Bonchev–Trinajstić information content (AvgIpc) is 2.10. The summed E-state index contributed by atoms with van der Waals surface area (Å²) in [6.07, 6.45) is 2.20. The van der Waals surface area contributed by atoms with E-state index in [1.54, 1.807) is 0 Å². The van der Waals surface area contributed by atoms with Gasteiger partial charge >= 0.3 is 0 Å². The maximum atomic E-state index is 10.6. The van der Waals surface area contributed by atoms with E-state index in [4.69, 9.17) is 9.84 Å². The highest BCUT2D eigenvalue weighted by atomic mass is 32.2. The Bertz CT molecular complexity index is 117. The molecule has 0 heterocycles. The first-order valence-electron chi connectivity index (χ1n) is 4.15. The van der Waals surface area contributed by atoms with E-state index in [1.807, 2.05) is 0 Å². The van der Waals surface area contributed by atoms with Gasteiger partial charge in [0.05, 0.1) is 6.61 Å². The summed E-state index contributed by atoms with van der Waals surface area (Å²) in [5.41, 5.74) is 0. The number of unbranched alkanes of at least 4 members (excludes halogenated alkanes) is 1. The summed E-state index contributed by atoms with van der Waals surface area (Å²) in [6, 6.07) is 0. The van der Waals surface area contributed by atoms with Gasteiger partial charge in [0.1, 0.15) is 6.61 Å². The first-order valence-corrected chi connectivity index (χ1v) is 5.14. The molecule has 3 nitrogen and oxygen atoms in total. The zero-order chi connectivity index (χ0) is 9.23. The van der Waals surface area contributed by atoms with Crippen LogP contribution < -0.4 is 0 Å². The van der Waals surface area contributed by atoms with Gasteiger partial charge in [0.25, 0.3) is 0 Å². The molecular weight excluding hydrogens is 176 g/mol. The lowest BCUT2D eigenvalue weighted by Gasteiger charge is -2.01. The van der Waals surface area contributed by atoms with Crippen LogP contribution in [0.4, 0.5) is 0 Å². The summed E-state index contributed by atoms with van der Waals surface area (Å²) in [5, 5.41) is 8.18. The van der Waals surface area contributed by atoms with E-state index >= 15 is 0 Å². The van der Waals surface area contributed by atoms with Crippen LogP contribution in [0.3, 0.4) is 0 Å². The van der Waals surface area contributed by atoms with E-state index in [0.717, 1.165) is 31.2 Å². The second kappa shape index (κ2) is 9.03. The lowest BCUT2D eigenvalue weighted by molar-refractivity contribution is -0.113. The highest BCUT2D eigenvalue weighted by Gasteiger charge is 1.98. The zero-order valence-corrected chi connectivity index (χ0v) is 8.23. The van der Waals surface area contributed by atoms with Gasteiger partial charge in [-0.15, -0.1) is 0 Å². The molecule has 0 saturated carbocycles. The van der Waals surface area contributed by atoms with Gasteiger partial charge in [-0.3, -0.25) is 4.79 Å². The number of ether oxygens (including phenoxy) is 1. The first kappa shape index (κ1) is 11.9. The van der Waals surface area contributed by atoms with Crippen LogP contribution in [0, 0.1) is 0 Å². The molecule has 0 aromatic carbocycles. The third-order valence-electron chi connectivity index (χ3n) is 1.26. The van der Waals surface area contributed by atoms with Crippen LogP contribution in [0.15, 0.2) is 0 Å². The number of hydrogen-bond acceptors (Lipinski definition) is 4. The third-order valence-corrected chi connectivity index (χ3v) is 2.08.